The smallest absolute Gasteiger partial charge is 0.137 e. The topological polar surface area (TPSA) is 12.0 Å². The van der Waals surface area contributed by atoms with Crippen LogP contribution in [0.1, 0.15) is 25.8 Å². The minimum Gasteiger partial charge on any atom is -0.317 e. The summed E-state index contributed by atoms with van der Waals surface area (Å²) in [5, 5.41) is 3.30. The monoisotopic (exact) mass is 287 g/mol. The van der Waals surface area contributed by atoms with Crippen molar-refractivity contribution in [2.45, 2.75) is 32.7 Å². The lowest BCUT2D eigenvalue weighted by Gasteiger charge is -2.22. The molecule has 0 aliphatic rings. The summed E-state index contributed by atoms with van der Waals surface area (Å²) >= 11 is 3.31. The summed E-state index contributed by atoms with van der Waals surface area (Å²) in [5.41, 5.74) is 1.04. The Bertz CT molecular complexity index is 337. The quantitative estimate of drug-likeness (QED) is 0.869. The summed E-state index contributed by atoms with van der Waals surface area (Å²) in [7, 11) is 1.98. The lowest BCUT2D eigenvalue weighted by atomic mass is 9.92. The molecule has 0 aliphatic carbocycles. The van der Waals surface area contributed by atoms with E-state index in [1.54, 1.807) is 6.07 Å². The summed E-state index contributed by atoms with van der Waals surface area (Å²) in [6.45, 7) is 4.36. The van der Waals surface area contributed by atoms with Gasteiger partial charge in [0, 0.05) is 6.04 Å². The summed E-state index contributed by atoms with van der Waals surface area (Å²) in [6, 6.07) is 5.71. The standard InChI is InChI=1S/C13H19BrFN/c1-4-12(16-3)9(2)8-10-6-5-7-11(15)13(10)14/h5-7,9,12,16H,4,8H2,1-3H3. The SMILES string of the molecule is CCC(NC)C(C)Cc1cccc(F)c1Br. The van der Waals surface area contributed by atoms with Crippen LogP contribution in [0.15, 0.2) is 22.7 Å². The lowest BCUT2D eigenvalue weighted by Crippen LogP contribution is -2.32. The molecule has 0 bridgehead atoms. The number of nitrogens with one attached hydrogen (secondary N) is 1. The van der Waals surface area contributed by atoms with Gasteiger partial charge in [-0.3, -0.25) is 0 Å². The molecule has 16 heavy (non-hydrogen) atoms. The Morgan fingerprint density at radius 3 is 2.69 bits per heavy atom. The fourth-order valence-electron chi connectivity index (χ4n) is 2.09. The molecule has 2 unspecified atom stereocenters. The van der Waals surface area contributed by atoms with E-state index in [-0.39, 0.29) is 5.82 Å². The maximum atomic E-state index is 13.3. The van der Waals surface area contributed by atoms with Gasteiger partial charge in [-0.1, -0.05) is 26.0 Å². The third-order valence-electron chi connectivity index (χ3n) is 3.07. The summed E-state index contributed by atoms with van der Waals surface area (Å²) in [6.07, 6.45) is 1.97. The summed E-state index contributed by atoms with van der Waals surface area (Å²) in [5.74, 6) is 0.315. The van der Waals surface area contributed by atoms with E-state index in [2.05, 4.69) is 35.1 Å². The van der Waals surface area contributed by atoms with E-state index in [9.17, 15) is 4.39 Å². The van der Waals surface area contributed by atoms with E-state index in [1.165, 1.54) is 6.07 Å². The van der Waals surface area contributed by atoms with Crippen LogP contribution >= 0.6 is 15.9 Å². The van der Waals surface area contributed by atoms with Crippen LogP contribution in [0.3, 0.4) is 0 Å². The van der Waals surface area contributed by atoms with Crippen LogP contribution in [-0.4, -0.2) is 13.1 Å². The normalized spacial score (nSPS) is 14.8. The Morgan fingerprint density at radius 2 is 2.12 bits per heavy atom. The molecular weight excluding hydrogens is 269 g/mol. The molecule has 1 nitrogen and oxygen atoms in total. The number of hydrogen-bond donors (Lipinski definition) is 1. The first-order chi connectivity index (χ1) is 7.60. The second-order valence-corrected chi connectivity index (χ2v) is 4.99. The van der Waals surface area contributed by atoms with Gasteiger partial charge in [0.2, 0.25) is 0 Å². The van der Waals surface area contributed by atoms with Crippen molar-refractivity contribution in [1.29, 1.82) is 0 Å². The molecule has 1 aromatic rings. The van der Waals surface area contributed by atoms with Crippen molar-refractivity contribution < 1.29 is 4.39 Å². The molecule has 0 heterocycles. The molecule has 90 valence electrons. The largest absolute Gasteiger partial charge is 0.317 e. The molecule has 0 fully saturated rings. The summed E-state index contributed by atoms with van der Waals surface area (Å²) in [4.78, 5) is 0. The molecule has 0 saturated carbocycles. The van der Waals surface area contributed by atoms with Crippen molar-refractivity contribution in [3.05, 3.63) is 34.1 Å². The molecular formula is C13H19BrFN. The van der Waals surface area contributed by atoms with Gasteiger partial charge in [0.05, 0.1) is 4.47 Å². The van der Waals surface area contributed by atoms with Crippen molar-refractivity contribution in [2.75, 3.05) is 7.05 Å². The molecule has 0 radical (unpaired) electrons. The Morgan fingerprint density at radius 1 is 1.44 bits per heavy atom. The van der Waals surface area contributed by atoms with E-state index in [1.807, 2.05) is 13.1 Å². The first kappa shape index (κ1) is 13.7. The van der Waals surface area contributed by atoms with Crippen LogP contribution in [0.25, 0.3) is 0 Å². The Kier molecular flexibility index (Phi) is 5.42. The fraction of sp³-hybridized carbons (Fsp3) is 0.538. The van der Waals surface area contributed by atoms with E-state index in [4.69, 9.17) is 0 Å². The third-order valence-corrected chi connectivity index (χ3v) is 3.96. The van der Waals surface area contributed by atoms with Gasteiger partial charge >= 0.3 is 0 Å². The van der Waals surface area contributed by atoms with Crippen LogP contribution in [0.5, 0.6) is 0 Å². The van der Waals surface area contributed by atoms with Crippen molar-refractivity contribution in [3.8, 4) is 0 Å². The molecule has 1 rings (SSSR count). The van der Waals surface area contributed by atoms with Crippen molar-refractivity contribution in [3.63, 3.8) is 0 Å². The van der Waals surface area contributed by atoms with E-state index in [0.717, 1.165) is 18.4 Å². The number of hydrogen-bond acceptors (Lipinski definition) is 1. The van der Waals surface area contributed by atoms with Gasteiger partial charge in [-0.25, -0.2) is 4.39 Å². The maximum absolute atomic E-state index is 13.3. The van der Waals surface area contributed by atoms with Gasteiger partial charge in [0.1, 0.15) is 5.82 Å². The first-order valence-corrected chi connectivity index (χ1v) is 6.49. The molecule has 1 aromatic carbocycles. The molecule has 0 amide bonds. The highest BCUT2D eigenvalue weighted by atomic mass is 79.9. The second kappa shape index (κ2) is 6.36. The van der Waals surface area contributed by atoms with Crippen LogP contribution < -0.4 is 5.32 Å². The van der Waals surface area contributed by atoms with Crippen LogP contribution in [0.4, 0.5) is 4.39 Å². The average molecular weight is 288 g/mol. The second-order valence-electron chi connectivity index (χ2n) is 4.20. The molecule has 0 spiro atoms. The van der Waals surface area contributed by atoms with Crippen LogP contribution in [0, 0.1) is 11.7 Å². The van der Waals surface area contributed by atoms with Gasteiger partial charge < -0.3 is 5.32 Å². The Labute approximate surface area is 106 Å². The zero-order chi connectivity index (χ0) is 12.1. The minimum absolute atomic E-state index is 0.179. The molecule has 3 heteroatoms. The maximum Gasteiger partial charge on any atom is 0.137 e. The lowest BCUT2D eigenvalue weighted by molar-refractivity contribution is 0.386. The van der Waals surface area contributed by atoms with Gasteiger partial charge in [-0.05, 0) is 53.4 Å². The van der Waals surface area contributed by atoms with Crippen molar-refractivity contribution in [2.24, 2.45) is 5.92 Å². The molecule has 2 atom stereocenters. The van der Waals surface area contributed by atoms with Gasteiger partial charge in [-0.2, -0.15) is 0 Å². The van der Waals surface area contributed by atoms with Crippen LogP contribution in [-0.2, 0) is 6.42 Å². The predicted molar refractivity (Wildman–Crippen MR) is 70.1 cm³/mol. The van der Waals surface area contributed by atoms with Crippen molar-refractivity contribution >= 4 is 15.9 Å². The average Bonchev–Trinajstić information content (AvgIpc) is 2.26. The molecule has 0 saturated heterocycles. The minimum atomic E-state index is -0.179. The molecule has 0 aromatic heterocycles. The zero-order valence-electron chi connectivity index (χ0n) is 10.1. The zero-order valence-corrected chi connectivity index (χ0v) is 11.6. The Hall–Kier alpha value is -0.410. The highest BCUT2D eigenvalue weighted by molar-refractivity contribution is 9.10. The van der Waals surface area contributed by atoms with E-state index < -0.39 is 0 Å². The van der Waals surface area contributed by atoms with E-state index in [0.29, 0.717) is 16.4 Å². The highest BCUT2D eigenvalue weighted by Crippen LogP contribution is 2.24. The highest BCUT2D eigenvalue weighted by Gasteiger charge is 2.16. The van der Waals surface area contributed by atoms with Crippen molar-refractivity contribution in [1.82, 2.24) is 5.32 Å². The molecule has 0 aliphatic heterocycles. The van der Waals surface area contributed by atoms with Gasteiger partial charge in [0.15, 0.2) is 0 Å². The fourth-order valence-corrected chi connectivity index (χ4v) is 2.51. The Balaban J connectivity index is 2.76. The summed E-state index contributed by atoms with van der Waals surface area (Å²) < 4.78 is 13.9. The van der Waals surface area contributed by atoms with E-state index >= 15 is 0 Å². The van der Waals surface area contributed by atoms with Gasteiger partial charge in [0.25, 0.3) is 0 Å². The van der Waals surface area contributed by atoms with Crippen LogP contribution in [0.2, 0.25) is 0 Å². The number of halogens is 2. The van der Waals surface area contributed by atoms with Gasteiger partial charge in [-0.15, -0.1) is 0 Å². The third kappa shape index (κ3) is 3.29. The first-order valence-electron chi connectivity index (χ1n) is 5.70. The molecule has 1 N–H and O–H groups in total. The number of benzene rings is 1. The number of rotatable bonds is 5. The predicted octanol–water partition coefficient (Wildman–Crippen LogP) is 3.76.